The number of carbonyl (C=O) groups excluding carboxylic acids is 1. The zero-order chi connectivity index (χ0) is 12.4. The van der Waals surface area contributed by atoms with Gasteiger partial charge >= 0.3 is 0 Å². The second-order valence-electron chi connectivity index (χ2n) is 4.53. The summed E-state index contributed by atoms with van der Waals surface area (Å²) in [6.07, 6.45) is 2.74. The van der Waals surface area contributed by atoms with E-state index in [2.05, 4.69) is 15.2 Å². The molecule has 0 bridgehead atoms. The summed E-state index contributed by atoms with van der Waals surface area (Å²) in [6.45, 7) is 5.19. The van der Waals surface area contributed by atoms with E-state index in [0.717, 1.165) is 36.6 Å². The van der Waals surface area contributed by atoms with Crippen molar-refractivity contribution in [3.63, 3.8) is 0 Å². The molecule has 1 aliphatic rings. The number of anilines is 2. The molecule has 1 atom stereocenters. The van der Waals surface area contributed by atoms with Gasteiger partial charge in [-0.3, -0.25) is 4.79 Å². The predicted molar refractivity (Wildman–Crippen MR) is 67.8 cm³/mol. The lowest BCUT2D eigenvalue weighted by atomic mass is 10.2. The van der Waals surface area contributed by atoms with Crippen molar-refractivity contribution in [3.8, 4) is 0 Å². The molecule has 1 aliphatic heterocycles. The Kier molecular flexibility index (Phi) is 3.17. The van der Waals surface area contributed by atoms with Gasteiger partial charge in [0.25, 0.3) is 0 Å². The number of nitrogens with zero attached hydrogens (tertiary/aromatic N) is 2. The molecule has 92 valence electrons. The number of pyridine rings is 1. The largest absolute Gasteiger partial charge is 0.398 e. The number of hydrogen-bond acceptors (Lipinski definition) is 4. The molecule has 1 saturated heterocycles. The van der Waals surface area contributed by atoms with Gasteiger partial charge in [-0.25, -0.2) is 4.98 Å². The molecule has 1 aromatic rings. The Morgan fingerprint density at radius 1 is 1.65 bits per heavy atom. The van der Waals surface area contributed by atoms with E-state index in [9.17, 15) is 4.79 Å². The first kappa shape index (κ1) is 11.7. The second kappa shape index (κ2) is 4.61. The Hall–Kier alpha value is -1.78. The lowest BCUT2D eigenvalue weighted by Crippen LogP contribution is -2.35. The average molecular weight is 234 g/mol. The van der Waals surface area contributed by atoms with Crippen molar-refractivity contribution in [2.45, 2.75) is 26.3 Å². The van der Waals surface area contributed by atoms with E-state index in [0.29, 0.717) is 0 Å². The van der Waals surface area contributed by atoms with Crippen LogP contribution in [0.2, 0.25) is 0 Å². The van der Waals surface area contributed by atoms with Gasteiger partial charge in [-0.1, -0.05) is 0 Å². The summed E-state index contributed by atoms with van der Waals surface area (Å²) in [6, 6.07) is 2.11. The molecule has 2 heterocycles. The number of nitrogens with one attached hydrogen (secondary N) is 1. The SMILES string of the molecule is CC(=O)NC1CCN(c2cc(N)c(C)cn2)C1. The van der Waals surface area contributed by atoms with E-state index in [4.69, 9.17) is 5.73 Å². The number of aryl methyl sites for hydroxylation is 1. The lowest BCUT2D eigenvalue weighted by Gasteiger charge is -2.18. The van der Waals surface area contributed by atoms with Crippen LogP contribution in [-0.4, -0.2) is 30.0 Å². The van der Waals surface area contributed by atoms with Crippen LogP contribution in [0.15, 0.2) is 12.3 Å². The third-order valence-electron chi connectivity index (χ3n) is 3.05. The van der Waals surface area contributed by atoms with Crippen LogP contribution >= 0.6 is 0 Å². The number of aromatic nitrogens is 1. The smallest absolute Gasteiger partial charge is 0.217 e. The number of nitrogens with two attached hydrogens (primary N) is 1. The lowest BCUT2D eigenvalue weighted by molar-refractivity contribution is -0.119. The van der Waals surface area contributed by atoms with E-state index in [1.54, 1.807) is 13.1 Å². The third-order valence-corrected chi connectivity index (χ3v) is 3.05. The summed E-state index contributed by atoms with van der Waals surface area (Å²) in [5.74, 6) is 0.911. The Balaban J connectivity index is 2.04. The van der Waals surface area contributed by atoms with Gasteiger partial charge in [0.15, 0.2) is 0 Å². The van der Waals surface area contributed by atoms with Crippen molar-refractivity contribution >= 4 is 17.4 Å². The number of amides is 1. The van der Waals surface area contributed by atoms with Crippen LogP contribution in [0, 0.1) is 6.92 Å². The van der Waals surface area contributed by atoms with E-state index in [-0.39, 0.29) is 11.9 Å². The number of carbonyl (C=O) groups is 1. The van der Waals surface area contributed by atoms with Crippen molar-refractivity contribution < 1.29 is 4.79 Å². The minimum absolute atomic E-state index is 0.0215. The maximum absolute atomic E-state index is 11.0. The Labute approximate surface area is 101 Å². The number of hydrogen-bond donors (Lipinski definition) is 2. The summed E-state index contributed by atoms with van der Waals surface area (Å²) in [5, 5.41) is 2.93. The van der Waals surface area contributed by atoms with Crippen LogP contribution in [0.1, 0.15) is 18.9 Å². The van der Waals surface area contributed by atoms with Gasteiger partial charge in [-0.05, 0) is 18.9 Å². The minimum atomic E-state index is 0.0215. The topological polar surface area (TPSA) is 71.2 Å². The fourth-order valence-corrected chi connectivity index (χ4v) is 2.07. The molecule has 0 radical (unpaired) electrons. The predicted octanol–water partition coefficient (Wildman–Crippen LogP) is 0.687. The zero-order valence-corrected chi connectivity index (χ0v) is 10.2. The highest BCUT2D eigenvalue weighted by molar-refractivity contribution is 5.73. The Morgan fingerprint density at radius 3 is 3.06 bits per heavy atom. The van der Waals surface area contributed by atoms with E-state index < -0.39 is 0 Å². The summed E-state index contributed by atoms with van der Waals surface area (Å²) >= 11 is 0. The third kappa shape index (κ3) is 2.67. The van der Waals surface area contributed by atoms with Crippen LogP contribution in [0.3, 0.4) is 0 Å². The maximum atomic E-state index is 11.0. The first-order valence-electron chi connectivity index (χ1n) is 5.80. The molecule has 5 nitrogen and oxygen atoms in total. The molecule has 1 unspecified atom stereocenters. The van der Waals surface area contributed by atoms with Crippen molar-refractivity contribution in [1.82, 2.24) is 10.3 Å². The summed E-state index contributed by atoms with van der Waals surface area (Å²) < 4.78 is 0. The molecule has 1 aromatic heterocycles. The van der Waals surface area contributed by atoms with Crippen LogP contribution in [0.25, 0.3) is 0 Å². The average Bonchev–Trinajstić information content (AvgIpc) is 2.69. The van der Waals surface area contributed by atoms with Crippen LogP contribution in [0.4, 0.5) is 11.5 Å². The molecule has 0 saturated carbocycles. The van der Waals surface area contributed by atoms with Gasteiger partial charge in [0.2, 0.25) is 5.91 Å². The fourth-order valence-electron chi connectivity index (χ4n) is 2.07. The maximum Gasteiger partial charge on any atom is 0.217 e. The summed E-state index contributed by atoms with van der Waals surface area (Å²) in [5.41, 5.74) is 7.62. The molecule has 1 fully saturated rings. The van der Waals surface area contributed by atoms with Crippen molar-refractivity contribution in [3.05, 3.63) is 17.8 Å². The summed E-state index contributed by atoms with van der Waals surface area (Å²) in [7, 11) is 0. The molecule has 17 heavy (non-hydrogen) atoms. The quantitative estimate of drug-likeness (QED) is 0.789. The van der Waals surface area contributed by atoms with Crippen molar-refractivity contribution in [2.24, 2.45) is 0 Å². The molecule has 0 aromatic carbocycles. The monoisotopic (exact) mass is 234 g/mol. The number of rotatable bonds is 2. The highest BCUT2D eigenvalue weighted by Gasteiger charge is 2.24. The highest BCUT2D eigenvalue weighted by Crippen LogP contribution is 2.21. The molecule has 5 heteroatoms. The second-order valence-corrected chi connectivity index (χ2v) is 4.53. The van der Waals surface area contributed by atoms with Crippen LogP contribution < -0.4 is 16.0 Å². The van der Waals surface area contributed by atoms with Gasteiger partial charge in [0, 0.05) is 44.0 Å². The zero-order valence-electron chi connectivity index (χ0n) is 10.2. The minimum Gasteiger partial charge on any atom is -0.398 e. The van der Waals surface area contributed by atoms with Gasteiger partial charge in [-0.2, -0.15) is 0 Å². The molecule has 1 amide bonds. The van der Waals surface area contributed by atoms with Gasteiger partial charge in [0.1, 0.15) is 5.82 Å². The molecule has 0 spiro atoms. The van der Waals surface area contributed by atoms with E-state index in [1.807, 2.05) is 13.0 Å². The molecular formula is C12H18N4O. The first-order chi connectivity index (χ1) is 8.06. The normalized spacial score (nSPS) is 19.4. The molecular weight excluding hydrogens is 216 g/mol. The van der Waals surface area contributed by atoms with Gasteiger partial charge < -0.3 is 16.0 Å². The van der Waals surface area contributed by atoms with Crippen molar-refractivity contribution in [1.29, 1.82) is 0 Å². The first-order valence-corrected chi connectivity index (χ1v) is 5.80. The Bertz CT molecular complexity index is 433. The van der Waals surface area contributed by atoms with Crippen molar-refractivity contribution in [2.75, 3.05) is 23.7 Å². The summed E-state index contributed by atoms with van der Waals surface area (Å²) in [4.78, 5) is 17.5. The van der Waals surface area contributed by atoms with E-state index in [1.165, 1.54) is 0 Å². The number of nitrogen functional groups attached to an aromatic ring is 1. The highest BCUT2D eigenvalue weighted by atomic mass is 16.1. The van der Waals surface area contributed by atoms with Gasteiger partial charge in [-0.15, -0.1) is 0 Å². The molecule has 0 aliphatic carbocycles. The van der Waals surface area contributed by atoms with Crippen LogP contribution in [-0.2, 0) is 4.79 Å². The van der Waals surface area contributed by atoms with Gasteiger partial charge in [0.05, 0.1) is 0 Å². The Morgan fingerprint density at radius 2 is 2.41 bits per heavy atom. The fraction of sp³-hybridized carbons (Fsp3) is 0.500. The van der Waals surface area contributed by atoms with Crippen LogP contribution in [0.5, 0.6) is 0 Å². The molecule has 2 rings (SSSR count). The standard InChI is InChI=1S/C12H18N4O/c1-8-6-14-12(5-11(8)13)16-4-3-10(7-16)15-9(2)17/h5-6,10H,3-4,7H2,1-2H3,(H2,13,14)(H,15,17). The molecule has 3 N–H and O–H groups in total. The van der Waals surface area contributed by atoms with E-state index >= 15 is 0 Å².